The van der Waals surface area contributed by atoms with Crippen LogP contribution >= 0.6 is 0 Å². The molecule has 5 aliphatic heterocycles. The number of ether oxygens (including phenoxy) is 7. The smallest absolute Gasteiger partial charge is 0.322 e. The average Bonchev–Trinajstić information content (AvgIpc) is 1.67. The Hall–Kier alpha value is -13.3. The third-order valence-electron chi connectivity index (χ3n) is 26.1. The number of nitriles is 1. The van der Waals surface area contributed by atoms with Gasteiger partial charge in [-0.1, -0.05) is 13.8 Å². The molecule has 7 atom stereocenters. The normalized spacial score (nSPS) is 18.3. The molecule has 0 radical (unpaired) electrons. The summed E-state index contributed by atoms with van der Waals surface area (Å²) in [6.45, 7) is 20.8. The molecule has 6 fully saturated rings. The number of piperidine rings is 4. The van der Waals surface area contributed by atoms with Crippen molar-refractivity contribution in [3.05, 3.63) is 144 Å². The number of amides is 2. The molecule has 0 bridgehead atoms. The number of fused-ring (bicyclic) bond motifs is 4. The van der Waals surface area contributed by atoms with Crippen LogP contribution in [-0.4, -0.2) is 298 Å². The Kier molecular flexibility index (Phi) is 33.2. The topological polar surface area (TPSA) is 521 Å². The monoisotopic (exact) mass is 1920 g/mol. The second-order valence-electron chi connectivity index (χ2n) is 36.8. The van der Waals surface area contributed by atoms with Crippen molar-refractivity contribution in [2.75, 3.05) is 146 Å². The molecule has 1 aliphatic carbocycles. The van der Waals surface area contributed by atoms with Gasteiger partial charge in [0.05, 0.1) is 50.3 Å². The van der Waals surface area contributed by atoms with Crippen molar-refractivity contribution in [2.45, 2.75) is 186 Å². The Morgan fingerprint density at radius 1 is 0.547 bits per heavy atom. The minimum Gasteiger partial charge on any atom is -0.463 e. The third kappa shape index (κ3) is 25.6. The van der Waals surface area contributed by atoms with Crippen LogP contribution in [0.25, 0.3) is 44.1 Å². The van der Waals surface area contributed by atoms with Crippen LogP contribution in [0.4, 0.5) is 23.7 Å². The first kappa shape index (κ1) is 100. The number of anilines is 4. The van der Waals surface area contributed by atoms with Crippen LogP contribution in [0, 0.1) is 29.1 Å². The van der Waals surface area contributed by atoms with Gasteiger partial charge in [0.2, 0.25) is 51.1 Å². The van der Waals surface area contributed by atoms with E-state index in [1.807, 2.05) is 76.0 Å². The van der Waals surface area contributed by atoms with E-state index in [9.17, 15) is 32.7 Å². The van der Waals surface area contributed by atoms with Crippen molar-refractivity contribution in [1.82, 2.24) is 115 Å². The highest BCUT2D eigenvalue weighted by Gasteiger charge is 2.40. The molecule has 43 heteroatoms. The van der Waals surface area contributed by atoms with Crippen LogP contribution < -0.4 is 49.2 Å². The summed E-state index contributed by atoms with van der Waals surface area (Å²) in [6.07, 6.45) is 23.6. The number of sulfonamides is 1. The summed E-state index contributed by atoms with van der Waals surface area (Å²) in [4.78, 5) is 135. The van der Waals surface area contributed by atoms with Crippen LogP contribution in [0.5, 0.6) is 24.0 Å². The molecular formula is C96H124N28O14S. The number of rotatable bonds is 34. The molecule has 139 heavy (non-hydrogen) atoms. The predicted molar refractivity (Wildman–Crippen MR) is 518 cm³/mol. The van der Waals surface area contributed by atoms with Gasteiger partial charge < -0.3 is 83.4 Å². The summed E-state index contributed by atoms with van der Waals surface area (Å²) >= 11 is 0. The van der Waals surface area contributed by atoms with Crippen molar-refractivity contribution >= 4 is 101 Å². The molecular weight excluding hydrogens is 1800 g/mol. The minimum atomic E-state index is -3.32. The highest BCUT2D eigenvalue weighted by atomic mass is 32.2. The number of hydrogen-bond acceptors (Lipinski definition) is 35. The fourth-order valence-electron chi connectivity index (χ4n) is 18.0. The first-order chi connectivity index (χ1) is 67.1. The number of Topliss-reactive ketones (excluding diaryl/α,β-unsaturated/α-hetero) is 2. The zero-order valence-corrected chi connectivity index (χ0v) is 81.5. The summed E-state index contributed by atoms with van der Waals surface area (Å²) in [7, 11) is 3.04. The molecule has 0 aromatic carbocycles. The van der Waals surface area contributed by atoms with Gasteiger partial charge in [0.25, 0.3) is 11.8 Å². The maximum absolute atomic E-state index is 13.1. The number of pyridine rings is 4. The van der Waals surface area contributed by atoms with E-state index in [0.717, 1.165) is 129 Å². The van der Waals surface area contributed by atoms with E-state index in [2.05, 4.69) is 162 Å². The molecule has 1 saturated carbocycles. The lowest BCUT2D eigenvalue weighted by atomic mass is 9.88. The Bertz CT molecular complexity index is 6360. The summed E-state index contributed by atoms with van der Waals surface area (Å²) in [6, 6.07) is 20.3. The molecule has 7 N–H and O–H groups in total. The number of hydrogen-bond donors (Lipinski definition) is 7. The maximum Gasteiger partial charge on any atom is 0.322 e. The molecule has 12 aromatic heterocycles. The van der Waals surface area contributed by atoms with Crippen molar-refractivity contribution in [1.29, 1.82) is 5.26 Å². The molecule has 18 rings (SSSR count). The van der Waals surface area contributed by atoms with E-state index in [1.165, 1.54) is 38.0 Å². The van der Waals surface area contributed by atoms with E-state index in [1.54, 1.807) is 73.1 Å². The van der Waals surface area contributed by atoms with Gasteiger partial charge in [0.15, 0.2) is 11.4 Å². The molecule has 6 aliphatic rings. The van der Waals surface area contributed by atoms with Gasteiger partial charge in [-0.2, -0.15) is 65.2 Å². The van der Waals surface area contributed by atoms with E-state index in [4.69, 9.17) is 38.4 Å². The first-order valence-electron chi connectivity index (χ1n) is 47.6. The van der Waals surface area contributed by atoms with Gasteiger partial charge in [0.1, 0.15) is 46.8 Å². The highest BCUT2D eigenvalue weighted by molar-refractivity contribution is 7.88. The zero-order valence-electron chi connectivity index (χ0n) is 80.7. The van der Waals surface area contributed by atoms with Crippen molar-refractivity contribution in [3.8, 4) is 30.1 Å². The number of aliphatic hydroxyl groups is 1. The molecule has 17 heterocycles. The lowest BCUT2D eigenvalue weighted by Crippen LogP contribution is -2.39. The molecule has 738 valence electrons. The number of aromatic nitrogens is 20. The number of carbonyl (C=O) groups excluding carboxylic acids is 4. The van der Waals surface area contributed by atoms with E-state index in [-0.39, 0.29) is 120 Å². The van der Waals surface area contributed by atoms with Gasteiger partial charge >= 0.3 is 24.0 Å². The van der Waals surface area contributed by atoms with Crippen LogP contribution in [-0.2, 0) is 24.2 Å². The first-order valence-corrected chi connectivity index (χ1v) is 49.4. The molecule has 12 aromatic rings. The second kappa shape index (κ2) is 46.0. The lowest BCUT2D eigenvalue weighted by molar-refractivity contribution is 0.0211. The van der Waals surface area contributed by atoms with Crippen LogP contribution in [0.15, 0.2) is 98.0 Å². The number of nitrogens with zero attached hydrogens (tertiary/aromatic N) is 22. The molecule has 0 unspecified atom stereocenters. The summed E-state index contributed by atoms with van der Waals surface area (Å²) in [5.74, 6) is 2.53. The van der Waals surface area contributed by atoms with Crippen LogP contribution in [0.3, 0.4) is 0 Å². The Morgan fingerprint density at radius 2 is 0.986 bits per heavy atom. The van der Waals surface area contributed by atoms with E-state index >= 15 is 0 Å². The predicted octanol–water partition coefficient (Wildman–Crippen LogP) is 10.4. The Labute approximate surface area is 806 Å². The summed E-state index contributed by atoms with van der Waals surface area (Å²) in [5, 5.41) is 36.8. The fraction of sp³-hybridized carbons (Fsp3) is 0.531. The zero-order chi connectivity index (χ0) is 98.0. The molecule has 2 amide bonds. The largest absolute Gasteiger partial charge is 0.463 e. The minimum absolute atomic E-state index is 0.0449. The number of aromatic amines is 4. The number of nitrogens with one attached hydrogen (secondary N) is 6. The summed E-state index contributed by atoms with van der Waals surface area (Å²) < 4.78 is 63.8. The van der Waals surface area contributed by atoms with Crippen LogP contribution in [0.1, 0.15) is 220 Å². The number of methoxy groups -OCH3 is 3. The Morgan fingerprint density at radius 3 is 1.44 bits per heavy atom. The quantitative estimate of drug-likeness (QED) is 0.0184. The van der Waals surface area contributed by atoms with Gasteiger partial charge in [0, 0.05) is 201 Å². The molecule has 0 spiro atoms. The summed E-state index contributed by atoms with van der Waals surface area (Å²) in [5.41, 5.74) is 7.72. The van der Waals surface area contributed by atoms with Crippen molar-refractivity contribution < 1.29 is 65.9 Å². The highest BCUT2D eigenvalue weighted by Crippen LogP contribution is 2.41. The second-order valence-corrected chi connectivity index (χ2v) is 38.8. The number of H-pyrrole nitrogens is 4. The molecule has 5 saturated heterocycles. The van der Waals surface area contributed by atoms with Crippen molar-refractivity contribution in [3.63, 3.8) is 0 Å². The fourth-order valence-corrected chi connectivity index (χ4v) is 18.9. The van der Waals surface area contributed by atoms with Gasteiger partial charge in [-0.3, -0.25) is 24.3 Å². The average molecular weight is 1930 g/mol. The van der Waals surface area contributed by atoms with Gasteiger partial charge in [-0.25, -0.2) is 32.7 Å². The maximum atomic E-state index is 13.1. The Balaban J connectivity index is 0.000000141. The SMILES string of the molecule is CCCC(=O)c1nc(OC[C@H]2C[C@H]2C#N)nc(N2CCC(c3c[nH]c4ncccc34)CC2)n1.CNC(=O)c1cc(N2CCC(c3c[nH]c4ncccc34)CC2)nc(O[C@H](C)COC)n1.COC[C@@H](C)Oc1nc(C(=O)C[C@H](C)C(C)(C)O)nc(N2CCC(c3[nH]nc4ncccc34)CC2)n1.COC[C@@H](C)Oc1nc(C(=O)N[C@H]2CCN(S(C)(=O)=O)C2)nc(N2CCC(c3c[nH]c4ncccc34)CC2)n1. The number of ketones is 2. The van der Waals surface area contributed by atoms with Gasteiger partial charge in [-0.05, 0) is 194 Å². The lowest BCUT2D eigenvalue weighted by Gasteiger charge is -2.33. The van der Waals surface area contributed by atoms with E-state index in [0.29, 0.717) is 119 Å². The van der Waals surface area contributed by atoms with E-state index < -0.39 is 21.5 Å². The standard InChI is InChI=1S/C25H34N8O5S.C25H35N7O4.C24H27N7O2.C22H28N6O3/c1-16(15-37-2)38-25-30-22(23(34)28-18-8-12-33(14-18)39(3,35)36)29-24(31-25)32-10-6-17(7-11-32)20-13-27-21-19(20)5-4-9-26-21;1-15(25(3,4)34)13-19(33)22-27-23(29-24(28-22)36-16(2)14-35-5)32-11-8-17(9-12-32)20-18-7-6-10-26-21(18)31-30-20;1-2-4-20(32)22-28-23(30-24(29-22)33-14-17-11-16(17)12-25)31-9-6-15(7-10-31)19-13-27-21-18(19)5-3-8-26-21;1-14(13-30-3)31-22-26-18(21(29)23-2)11-19(27-22)28-9-6-15(7-10-28)17-12-25-20-16(17)5-4-8-24-20/h4-5,9,13,16-18H,6-8,10-12,14-15H2,1-3H3,(H,26,27)(H,28,34);6-7,10,15-17,34H,8-9,11-14H2,1-5H3,(H,26,30,31);3,5,8,13,15-17H,2,4,6-7,9-11,14H2,1H3,(H,26,27);4-5,8,11-12,14-15H,6-7,9-10,13H2,1-3H3,(H,23,29)(H,24,25)/t16-,18+;15-,16+;16-,17+;14-/m1001/s1. The third-order valence-corrected chi connectivity index (χ3v) is 27.4. The van der Waals surface area contributed by atoms with Gasteiger partial charge in [-0.15, -0.1) is 0 Å². The van der Waals surface area contributed by atoms with Crippen molar-refractivity contribution in [2.24, 2.45) is 17.8 Å². The molecule has 42 nitrogen and oxygen atoms in total. The number of carbonyl (C=O) groups is 4. The van der Waals surface area contributed by atoms with Crippen LogP contribution in [0.2, 0.25) is 0 Å².